The molecule has 0 spiro atoms. The van der Waals surface area contributed by atoms with Gasteiger partial charge < -0.3 is 5.32 Å². The summed E-state index contributed by atoms with van der Waals surface area (Å²) in [6, 6.07) is 0.612. The van der Waals surface area contributed by atoms with Crippen molar-refractivity contribution in [3.8, 4) is 0 Å². The van der Waals surface area contributed by atoms with Crippen LogP contribution in [-0.4, -0.2) is 12.6 Å². The average Bonchev–Trinajstić information content (AvgIpc) is 1.85. The zero-order chi connectivity index (χ0) is 9.78. The normalized spacial score (nSPS) is 15.2. The van der Waals surface area contributed by atoms with E-state index in [0.717, 1.165) is 12.5 Å². The molecule has 1 nitrogen and oxygen atoms in total. The van der Waals surface area contributed by atoms with E-state index in [-0.39, 0.29) is 0 Å². The highest BCUT2D eigenvalue weighted by molar-refractivity contribution is 4.75. The average molecular weight is 171 g/mol. The molecule has 1 atom stereocenters. The molecular weight excluding hydrogens is 146 g/mol. The van der Waals surface area contributed by atoms with E-state index in [0.29, 0.717) is 11.5 Å². The highest BCUT2D eigenvalue weighted by Gasteiger charge is 2.22. The summed E-state index contributed by atoms with van der Waals surface area (Å²) in [5.41, 5.74) is 0.441. The maximum absolute atomic E-state index is 3.50. The molecule has 0 aromatic rings. The van der Waals surface area contributed by atoms with E-state index in [1.807, 2.05) is 0 Å². The minimum absolute atomic E-state index is 0.441. The van der Waals surface area contributed by atoms with E-state index in [2.05, 4.69) is 46.9 Å². The van der Waals surface area contributed by atoms with E-state index >= 15 is 0 Å². The summed E-state index contributed by atoms with van der Waals surface area (Å²) >= 11 is 0. The topological polar surface area (TPSA) is 12.0 Å². The monoisotopic (exact) mass is 171 g/mol. The van der Waals surface area contributed by atoms with Gasteiger partial charge in [-0.2, -0.15) is 0 Å². The first-order chi connectivity index (χ1) is 5.38. The third-order valence-corrected chi connectivity index (χ3v) is 2.49. The molecule has 74 valence electrons. The lowest BCUT2D eigenvalue weighted by molar-refractivity contribution is 0.221. The molecule has 0 amide bonds. The zero-order valence-corrected chi connectivity index (χ0v) is 9.57. The van der Waals surface area contributed by atoms with Gasteiger partial charge in [0.25, 0.3) is 0 Å². The first-order valence-electron chi connectivity index (χ1n) is 5.11. The van der Waals surface area contributed by atoms with Crippen LogP contribution in [0, 0.1) is 11.3 Å². The van der Waals surface area contributed by atoms with Gasteiger partial charge in [-0.15, -0.1) is 0 Å². The van der Waals surface area contributed by atoms with E-state index < -0.39 is 0 Å². The van der Waals surface area contributed by atoms with Crippen LogP contribution in [-0.2, 0) is 0 Å². The SMILES string of the molecule is CCC(CNC(C)C)C(C)(C)C. The lowest BCUT2D eigenvalue weighted by Crippen LogP contribution is -2.34. The summed E-state index contributed by atoms with van der Waals surface area (Å²) in [5.74, 6) is 0.792. The smallest absolute Gasteiger partial charge is 0.00104 e. The summed E-state index contributed by atoms with van der Waals surface area (Å²) in [4.78, 5) is 0. The molecular formula is C11H25N. The Balaban J connectivity index is 3.84. The maximum atomic E-state index is 3.50. The fourth-order valence-electron chi connectivity index (χ4n) is 1.44. The van der Waals surface area contributed by atoms with Crippen LogP contribution in [0.5, 0.6) is 0 Å². The number of nitrogens with one attached hydrogen (secondary N) is 1. The standard InChI is InChI=1S/C11H25N/c1-7-10(11(4,5)6)8-12-9(2)3/h9-10,12H,7-8H2,1-6H3. The van der Waals surface area contributed by atoms with Crippen molar-refractivity contribution in [2.75, 3.05) is 6.54 Å². The predicted molar refractivity (Wildman–Crippen MR) is 56.4 cm³/mol. The van der Waals surface area contributed by atoms with Gasteiger partial charge in [0.1, 0.15) is 0 Å². The van der Waals surface area contributed by atoms with Crippen molar-refractivity contribution >= 4 is 0 Å². The Labute approximate surface area is 77.9 Å². The highest BCUT2D eigenvalue weighted by atomic mass is 14.9. The molecule has 0 radical (unpaired) electrons. The van der Waals surface area contributed by atoms with Crippen LogP contribution in [0.4, 0.5) is 0 Å². The second-order valence-electron chi connectivity index (χ2n) is 5.03. The molecule has 12 heavy (non-hydrogen) atoms. The summed E-state index contributed by atoms with van der Waals surface area (Å²) < 4.78 is 0. The van der Waals surface area contributed by atoms with Crippen LogP contribution < -0.4 is 5.32 Å². The zero-order valence-electron chi connectivity index (χ0n) is 9.57. The van der Waals surface area contributed by atoms with E-state index in [9.17, 15) is 0 Å². The van der Waals surface area contributed by atoms with E-state index in [1.54, 1.807) is 0 Å². The van der Waals surface area contributed by atoms with Crippen LogP contribution in [0.25, 0.3) is 0 Å². The second-order valence-corrected chi connectivity index (χ2v) is 5.03. The lowest BCUT2D eigenvalue weighted by Gasteiger charge is -2.30. The fourth-order valence-corrected chi connectivity index (χ4v) is 1.44. The molecule has 1 N–H and O–H groups in total. The molecule has 0 heterocycles. The van der Waals surface area contributed by atoms with Crippen molar-refractivity contribution in [2.45, 2.75) is 54.0 Å². The van der Waals surface area contributed by atoms with Gasteiger partial charge in [-0.3, -0.25) is 0 Å². The van der Waals surface area contributed by atoms with E-state index in [1.165, 1.54) is 6.42 Å². The fraction of sp³-hybridized carbons (Fsp3) is 1.00. The summed E-state index contributed by atoms with van der Waals surface area (Å²) in [7, 11) is 0. The Bertz CT molecular complexity index is 111. The molecule has 1 unspecified atom stereocenters. The summed E-state index contributed by atoms with van der Waals surface area (Å²) in [5, 5.41) is 3.50. The lowest BCUT2D eigenvalue weighted by atomic mass is 9.79. The van der Waals surface area contributed by atoms with Crippen LogP contribution in [0.3, 0.4) is 0 Å². The van der Waals surface area contributed by atoms with Gasteiger partial charge in [0.2, 0.25) is 0 Å². The molecule has 0 aromatic heterocycles. The van der Waals surface area contributed by atoms with Crippen molar-refractivity contribution in [3.05, 3.63) is 0 Å². The van der Waals surface area contributed by atoms with Gasteiger partial charge in [0.05, 0.1) is 0 Å². The summed E-state index contributed by atoms with van der Waals surface area (Å²) in [6.45, 7) is 14.8. The van der Waals surface area contributed by atoms with Crippen LogP contribution in [0.1, 0.15) is 48.0 Å². The third-order valence-electron chi connectivity index (χ3n) is 2.49. The van der Waals surface area contributed by atoms with Crippen molar-refractivity contribution in [2.24, 2.45) is 11.3 Å². The third kappa shape index (κ3) is 4.76. The Morgan fingerprint density at radius 3 is 1.92 bits per heavy atom. The first kappa shape index (κ1) is 12.0. The van der Waals surface area contributed by atoms with Crippen molar-refractivity contribution in [3.63, 3.8) is 0 Å². The van der Waals surface area contributed by atoms with Crippen molar-refractivity contribution < 1.29 is 0 Å². The van der Waals surface area contributed by atoms with Gasteiger partial charge in [-0.05, 0) is 17.9 Å². The molecule has 0 rings (SSSR count). The van der Waals surface area contributed by atoms with Gasteiger partial charge >= 0.3 is 0 Å². The molecule has 0 saturated carbocycles. The molecule has 1 heteroatoms. The minimum atomic E-state index is 0.441. The van der Waals surface area contributed by atoms with Gasteiger partial charge in [-0.1, -0.05) is 48.0 Å². The molecule has 0 saturated heterocycles. The molecule has 0 aliphatic carbocycles. The molecule has 0 bridgehead atoms. The number of hydrogen-bond acceptors (Lipinski definition) is 1. The maximum Gasteiger partial charge on any atom is 0.00104 e. The summed E-state index contributed by atoms with van der Waals surface area (Å²) in [6.07, 6.45) is 1.27. The van der Waals surface area contributed by atoms with Gasteiger partial charge in [0, 0.05) is 6.04 Å². The van der Waals surface area contributed by atoms with E-state index in [4.69, 9.17) is 0 Å². The quantitative estimate of drug-likeness (QED) is 0.685. The van der Waals surface area contributed by atoms with Crippen LogP contribution >= 0.6 is 0 Å². The number of hydrogen-bond donors (Lipinski definition) is 1. The van der Waals surface area contributed by atoms with Crippen LogP contribution in [0.15, 0.2) is 0 Å². The van der Waals surface area contributed by atoms with Gasteiger partial charge in [-0.25, -0.2) is 0 Å². The van der Waals surface area contributed by atoms with Gasteiger partial charge in [0.15, 0.2) is 0 Å². The Morgan fingerprint density at radius 2 is 1.67 bits per heavy atom. The second kappa shape index (κ2) is 4.86. The highest BCUT2D eigenvalue weighted by Crippen LogP contribution is 2.27. The molecule has 0 aliphatic rings. The van der Waals surface area contributed by atoms with Crippen LogP contribution in [0.2, 0.25) is 0 Å². The Morgan fingerprint density at radius 1 is 1.17 bits per heavy atom. The van der Waals surface area contributed by atoms with Crippen molar-refractivity contribution in [1.29, 1.82) is 0 Å². The molecule has 0 aromatic carbocycles. The predicted octanol–water partition coefficient (Wildman–Crippen LogP) is 3.06. The Hall–Kier alpha value is -0.0400. The minimum Gasteiger partial charge on any atom is -0.314 e. The molecule has 0 aliphatic heterocycles. The number of rotatable bonds is 4. The Kier molecular flexibility index (Phi) is 4.84. The van der Waals surface area contributed by atoms with Crippen molar-refractivity contribution in [1.82, 2.24) is 5.32 Å². The largest absolute Gasteiger partial charge is 0.314 e. The molecule has 0 fully saturated rings. The first-order valence-corrected chi connectivity index (χ1v) is 5.11.